The van der Waals surface area contributed by atoms with Crippen LogP contribution in [-0.4, -0.2) is 28.8 Å². The van der Waals surface area contributed by atoms with Gasteiger partial charge in [-0.15, -0.1) is 0 Å². The van der Waals surface area contributed by atoms with Crippen molar-refractivity contribution in [3.8, 4) is 16.9 Å². The minimum absolute atomic E-state index is 0.241. The van der Waals surface area contributed by atoms with E-state index in [-0.39, 0.29) is 5.78 Å². The molecule has 4 aromatic rings. The lowest BCUT2D eigenvalue weighted by molar-refractivity contribution is -0.118. The van der Waals surface area contributed by atoms with Crippen LogP contribution in [0.2, 0.25) is 0 Å². The Kier molecular flexibility index (Phi) is 9.61. The molecule has 4 heteroatoms. The van der Waals surface area contributed by atoms with E-state index in [1.807, 2.05) is 42.6 Å². The number of aromatic nitrogens is 1. The molecule has 1 heterocycles. The van der Waals surface area contributed by atoms with Crippen LogP contribution in [0.25, 0.3) is 11.1 Å². The fourth-order valence-electron chi connectivity index (χ4n) is 4.43. The fourth-order valence-corrected chi connectivity index (χ4v) is 4.43. The molecule has 4 nitrogen and oxygen atoms in total. The zero-order chi connectivity index (χ0) is 25.9. The molecule has 0 fully saturated rings. The van der Waals surface area contributed by atoms with Gasteiger partial charge in [0.15, 0.2) is 0 Å². The molecule has 0 N–H and O–H groups in total. The summed E-state index contributed by atoms with van der Waals surface area (Å²) >= 11 is 0. The van der Waals surface area contributed by atoms with Gasteiger partial charge >= 0.3 is 0 Å². The molecule has 0 spiro atoms. The Bertz CT molecular complexity index is 1270. The highest BCUT2D eigenvalue weighted by molar-refractivity contribution is 5.81. The lowest BCUT2D eigenvalue weighted by Gasteiger charge is -2.19. The Balaban J connectivity index is 1.35. The smallest absolute Gasteiger partial charge is 0.137 e. The van der Waals surface area contributed by atoms with Gasteiger partial charge in [0.05, 0.1) is 0 Å². The van der Waals surface area contributed by atoms with Gasteiger partial charge in [-0.25, -0.2) is 0 Å². The van der Waals surface area contributed by atoms with Crippen LogP contribution in [0.15, 0.2) is 97.3 Å². The van der Waals surface area contributed by atoms with E-state index in [4.69, 9.17) is 4.74 Å². The summed E-state index contributed by atoms with van der Waals surface area (Å²) in [4.78, 5) is 19.0. The standard InChI is InChI=1S/C33H36N2O2/c1-3-35(4-2)24-29-9-7-11-30(21-29)32-12-5-6-13-33(32)37-25-28-16-14-26(15-17-28)22-31(36)19-18-27-10-8-20-34-23-27/h5-17,20-21,23H,3-4,18-19,22,24-25H2,1-2H3. The average molecular weight is 493 g/mol. The lowest BCUT2D eigenvalue weighted by atomic mass is 10.0. The van der Waals surface area contributed by atoms with Crippen molar-refractivity contribution in [1.82, 2.24) is 9.88 Å². The van der Waals surface area contributed by atoms with Gasteiger partial charge in [0.1, 0.15) is 18.1 Å². The van der Waals surface area contributed by atoms with E-state index >= 15 is 0 Å². The molecule has 37 heavy (non-hydrogen) atoms. The SMILES string of the molecule is CCN(CC)Cc1cccc(-c2ccccc2OCc2ccc(CC(=O)CCc3cccnc3)cc2)c1. The van der Waals surface area contributed by atoms with Crippen molar-refractivity contribution in [2.75, 3.05) is 13.1 Å². The molecule has 0 aliphatic rings. The number of Topliss-reactive ketones (excluding diaryl/α,β-unsaturated/α-hetero) is 1. The average Bonchev–Trinajstić information content (AvgIpc) is 2.95. The van der Waals surface area contributed by atoms with Crippen LogP contribution in [-0.2, 0) is 30.8 Å². The summed E-state index contributed by atoms with van der Waals surface area (Å²) in [5.74, 6) is 1.11. The number of hydrogen-bond acceptors (Lipinski definition) is 4. The van der Waals surface area contributed by atoms with Crippen molar-refractivity contribution in [2.45, 2.75) is 46.3 Å². The van der Waals surface area contributed by atoms with Crippen LogP contribution in [0.1, 0.15) is 42.5 Å². The first kappa shape index (κ1) is 26.3. The minimum Gasteiger partial charge on any atom is -0.488 e. The normalized spacial score (nSPS) is 11.0. The second-order valence-electron chi connectivity index (χ2n) is 9.34. The first-order chi connectivity index (χ1) is 18.1. The third kappa shape index (κ3) is 7.86. The molecule has 0 aliphatic carbocycles. The van der Waals surface area contributed by atoms with E-state index < -0.39 is 0 Å². The van der Waals surface area contributed by atoms with E-state index in [0.29, 0.717) is 19.4 Å². The van der Waals surface area contributed by atoms with Crippen LogP contribution < -0.4 is 4.74 Å². The minimum atomic E-state index is 0.241. The van der Waals surface area contributed by atoms with Gasteiger partial charge in [0.25, 0.3) is 0 Å². The molecular weight excluding hydrogens is 456 g/mol. The number of pyridine rings is 1. The zero-order valence-corrected chi connectivity index (χ0v) is 21.9. The number of nitrogens with zero attached hydrogens (tertiary/aromatic N) is 2. The Labute approximate surface area is 221 Å². The van der Waals surface area contributed by atoms with Crippen LogP contribution in [0, 0.1) is 0 Å². The number of benzene rings is 3. The Hall–Kier alpha value is -3.76. The fraction of sp³-hybridized carbons (Fsp3) is 0.273. The van der Waals surface area contributed by atoms with Gasteiger partial charge in [-0.05, 0) is 65.5 Å². The molecule has 0 saturated carbocycles. The summed E-state index contributed by atoms with van der Waals surface area (Å²) in [6.45, 7) is 7.90. The quantitative estimate of drug-likeness (QED) is 0.203. The number of ketones is 1. The highest BCUT2D eigenvalue weighted by Gasteiger charge is 2.09. The molecule has 0 aliphatic heterocycles. The summed E-state index contributed by atoms with van der Waals surface area (Å²) in [7, 11) is 0. The predicted molar refractivity (Wildman–Crippen MR) is 151 cm³/mol. The van der Waals surface area contributed by atoms with E-state index in [0.717, 1.165) is 54.1 Å². The second kappa shape index (κ2) is 13.5. The monoisotopic (exact) mass is 492 g/mol. The molecule has 0 saturated heterocycles. The van der Waals surface area contributed by atoms with Crippen molar-refractivity contribution in [1.29, 1.82) is 0 Å². The largest absolute Gasteiger partial charge is 0.488 e. The van der Waals surface area contributed by atoms with Crippen LogP contribution in [0.4, 0.5) is 0 Å². The van der Waals surface area contributed by atoms with E-state index in [9.17, 15) is 4.79 Å². The van der Waals surface area contributed by atoms with Crippen molar-refractivity contribution >= 4 is 5.78 Å². The van der Waals surface area contributed by atoms with Crippen LogP contribution in [0.3, 0.4) is 0 Å². The Morgan fingerprint density at radius 2 is 1.57 bits per heavy atom. The maximum absolute atomic E-state index is 12.4. The van der Waals surface area contributed by atoms with E-state index in [1.54, 1.807) is 6.20 Å². The maximum Gasteiger partial charge on any atom is 0.137 e. The van der Waals surface area contributed by atoms with Gasteiger partial charge in [0, 0.05) is 37.3 Å². The molecule has 0 radical (unpaired) electrons. The number of carbonyl (C=O) groups is 1. The van der Waals surface area contributed by atoms with Crippen molar-refractivity contribution in [2.24, 2.45) is 0 Å². The molecule has 0 amide bonds. The number of hydrogen-bond donors (Lipinski definition) is 0. The zero-order valence-electron chi connectivity index (χ0n) is 21.9. The molecule has 0 unspecified atom stereocenters. The molecule has 190 valence electrons. The first-order valence-electron chi connectivity index (χ1n) is 13.2. The molecule has 0 atom stereocenters. The first-order valence-corrected chi connectivity index (χ1v) is 13.2. The van der Waals surface area contributed by atoms with Crippen molar-refractivity contribution in [3.63, 3.8) is 0 Å². The molecule has 3 aromatic carbocycles. The summed E-state index contributed by atoms with van der Waals surface area (Å²) in [5.41, 5.74) is 6.78. The summed E-state index contributed by atoms with van der Waals surface area (Å²) in [6, 6.07) is 29.0. The van der Waals surface area contributed by atoms with Gasteiger partial charge in [-0.3, -0.25) is 14.7 Å². The Morgan fingerprint density at radius 3 is 2.32 bits per heavy atom. The topological polar surface area (TPSA) is 42.4 Å². The predicted octanol–water partition coefficient (Wildman–Crippen LogP) is 6.91. The second-order valence-corrected chi connectivity index (χ2v) is 9.34. The molecule has 1 aromatic heterocycles. The number of carbonyl (C=O) groups excluding carboxylic acids is 1. The summed E-state index contributed by atoms with van der Waals surface area (Å²) in [5, 5.41) is 0. The highest BCUT2D eigenvalue weighted by Crippen LogP contribution is 2.31. The number of rotatable bonds is 13. The van der Waals surface area contributed by atoms with E-state index in [1.165, 1.54) is 11.1 Å². The maximum atomic E-state index is 12.4. The molecule has 0 bridgehead atoms. The number of para-hydroxylation sites is 1. The van der Waals surface area contributed by atoms with Gasteiger partial charge in [-0.1, -0.05) is 80.6 Å². The third-order valence-corrected chi connectivity index (χ3v) is 6.66. The number of aryl methyl sites for hydroxylation is 1. The lowest BCUT2D eigenvalue weighted by Crippen LogP contribution is -2.22. The van der Waals surface area contributed by atoms with Crippen LogP contribution in [0.5, 0.6) is 5.75 Å². The van der Waals surface area contributed by atoms with Gasteiger partial charge in [-0.2, -0.15) is 0 Å². The molecule has 4 rings (SSSR count). The van der Waals surface area contributed by atoms with Crippen LogP contribution >= 0.6 is 0 Å². The van der Waals surface area contributed by atoms with Crippen molar-refractivity contribution in [3.05, 3.63) is 120 Å². The van der Waals surface area contributed by atoms with Crippen molar-refractivity contribution < 1.29 is 9.53 Å². The van der Waals surface area contributed by atoms with E-state index in [2.05, 4.69) is 72.3 Å². The summed E-state index contributed by atoms with van der Waals surface area (Å²) < 4.78 is 6.27. The third-order valence-electron chi connectivity index (χ3n) is 6.66. The Morgan fingerprint density at radius 1 is 0.811 bits per heavy atom. The van der Waals surface area contributed by atoms with Gasteiger partial charge < -0.3 is 4.74 Å². The highest BCUT2D eigenvalue weighted by atomic mass is 16.5. The van der Waals surface area contributed by atoms with Gasteiger partial charge in [0.2, 0.25) is 0 Å². The number of ether oxygens (including phenoxy) is 1. The molecular formula is C33H36N2O2. The summed E-state index contributed by atoms with van der Waals surface area (Å²) in [6.07, 6.45) is 5.29.